The zero-order valence-electron chi connectivity index (χ0n) is 10.2. The third-order valence-corrected chi connectivity index (χ3v) is 6.68. The molecule has 0 aliphatic rings. The Labute approximate surface area is 104 Å². The lowest BCUT2D eigenvalue weighted by Crippen LogP contribution is -2.24. The fourth-order valence-electron chi connectivity index (χ4n) is 1.90. The van der Waals surface area contributed by atoms with Gasteiger partial charge in [0.1, 0.15) is 10.5 Å². The van der Waals surface area contributed by atoms with E-state index in [1.54, 1.807) is 0 Å². The van der Waals surface area contributed by atoms with Gasteiger partial charge in [0.05, 0.1) is 21.1 Å². The smallest absolute Gasteiger partial charge is 0.191 e. The van der Waals surface area contributed by atoms with Gasteiger partial charge in [-0.25, -0.2) is 0 Å². The maximum Gasteiger partial charge on any atom is 0.305 e. The molecule has 0 aliphatic carbocycles. The van der Waals surface area contributed by atoms with Crippen molar-refractivity contribution < 1.29 is 0 Å². The predicted molar refractivity (Wildman–Crippen MR) is 75.5 cm³/mol. The van der Waals surface area contributed by atoms with E-state index < -0.39 is 0 Å². The van der Waals surface area contributed by atoms with Crippen LogP contribution in [0.5, 0.6) is 0 Å². The lowest BCUT2D eigenvalue weighted by atomic mass is 10.3. The summed E-state index contributed by atoms with van der Waals surface area (Å²) in [5, 5.41) is 1.36. The molecule has 1 aromatic heterocycles. The fraction of sp³-hybridized carbons (Fsp3) is 0.462. The monoisotopic (exact) mass is 252 g/mol. The molecule has 0 atom stereocenters. The molecule has 0 amide bonds. The summed E-state index contributed by atoms with van der Waals surface area (Å²) in [6.45, 7) is 9.20. The van der Waals surface area contributed by atoms with Crippen molar-refractivity contribution in [2.24, 2.45) is 0 Å². The first kappa shape index (κ1) is 11.9. The van der Waals surface area contributed by atoms with E-state index in [2.05, 4.69) is 52.0 Å². The quantitative estimate of drug-likeness (QED) is 0.750. The van der Waals surface area contributed by atoms with Crippen molar-refractivity contribution in [2.45, 2.75) is 42.5 Å². The van der Waals surface area contributed by atoms with E-state index in [0.29, 0.717) is 10.5 Å². The Morgan fingerprint density at radius 2 is 1.69 bits per heavy atom. The molecule has 0 N–H and O–H groups in total. The van der Waals surface area contributed by atoms with E-state index in [1.165, 1.54) is 9.04 Å². The van der Waals surface area contributed by atoms with E-state index >= 15 is 0 Å². The predicted octanol–water partition coefficient (Wildman–Crippen LogP) is 4.09. The van der Waals surface area contributed by atoms with Crippen molar-refractivity contribution in [2.75, 3.05) is 0 Å². The van der Waals surface area contributed by atoms with Crippen LogP contribution < -0.4 is 0 Å². The molecule has 0 bridgehead atoms. The second kappa shape index (κ2) is 4.76. The molecule has 0 spiro atoms. The average molecular weight is 252 g/mol. The van der Waals surface area contributed by atoms with Gasteiger partial charge in [-0.2, -0.15) is 4.98 Å². The fourth-order valence-corrected chi connectivity index (χ4v) is 6.50. The van der Waals surface area contributed by atoms with E-state index in [1.807, 2.05) is 11.3 Å². The van der Waals surface area contributed by atoms with Crippen molar-refractivity contribution >= 4 is 32.4 Å². The van der Waals surface area contributed by atoms with Crippen LogP contribution in [0, 0.1) is 0 Å². The van der Waals surface area contributed by atoms with Gasteiger partial charge in [-0.15, -0.1) is 0 Å². The highest BCUT2D eigenvalue weighted by molar-refractivity contribution is 7.99. The standard InChI is InChI=1S/C13H18NS2/c1-9(2)16(10(3)4)13-14-11-7-5-6-8-12(11)15-13/h5-10H,1-4H3/q+1. The number of aromatic nitrogens is 1. The maximum absolute atomic E-state index is 4.79. The Morgan fingerprint density at radius 1 is 1.06 bits per heavy atom. The van der Waals surface area contributed by atoms with Gasteiger partial charge in [-0.05, 0) is 39.8 Å². The van der Waals surface area contributed by atoms with Gasteiger partial charge >= 0.3 is 4.34 Å². The molecule has 1 heterocycles. The minimum absolute atomic E-state index is 0.283. The van der Waals surface area contributed by atoms with Crippen LogP contribution in [0.15, 0.2) is 28.6 Å². The molecule has 1 aromatic carbocycles. The van der Waals surface area contributed by atoms with Gasteiger partial charge in [0.15, 0.2) is 0 Å². The first-order chi connectivity index (χ1) is 7.59. The Kier molecular flexibility index (Phi) is 3.55. The van der Waals surface area contributed by atoms with E-state index in [-0.39, 0.29) is 10.9 Å². The zero-order chi connectivity index (χ0) is 11.7. The zero-order valence-corrected chi connectivity index (χ0v) is 11.9. The van der Waals surface area contributed by atoms with Crippen LogP contribution in [-0.2, 0) is 10.9 Å². The van der Waals surface area contributed by atoms with Gasteiger partial charge < -0.3 is 0 Å². The summed E-state index contributed by atoms with van der Waals surface area (Å²) < 4.78 is 2.64. The molecule has 0 saturated carbocycles. The van der Waals surface area contributed by atoms with Crippen LogP contribution in [-0.4, -0.2) is 15.5 Å². The van der Waals surface area contributed by atoms with Gasteiger partial charge in [-0.3, -0.25) is 0 Å². The lowest BCUT2D eigenvalue weighted by molar-refractivity contribution is 1.01. The van der Waals surface area contributed by atoms with Gasteiger partial charge in [-0.1, -0.05) is 23.5 Å². The molecule has 1 nitrogen and oxygen atoms in total. The summed E-state index contributed by atoms with van der Waals surface area (Å²) in [5.74, 6) is 0. The Bertz CT molecular complexity index is 432. The number of nitrogens with zero attached hydrogens (tertiary/aromatic N) is 1. The Balaban J connectivity index is 2.45. The van der Waals surface area contributed by atoms with Crippen molar-refractivity contribution in [3.8, 4) is 0 Å². The number of rotatable bonds is 3. The second-order valence-corrected chi connectivity index (χ2v) is 8.72. The summed E-state index contributed by atoms with van der Waals surface area (Å²) >= 11 is 1.86. The molecule has 0 radical (unpaired) electrons. The molecular weight excluding hydrogens is 234 g/mol. The summed E-state index contributed by atoms with van der Waals surface area (Å²) in [7, 11) is 0.283. The van der Waals surface area contributed by atoms with Crippen LogP contribution in [0.1, 0.15) is 27.7 Å². The molecule has 2 aromatic rings. The van der Waals surface area contributed by atoms with Crippen LogP contribution in [0.4, 0.5) is 0 Å². The minimum atomic E-state index is 0.283. The molecule has 16 heavy (non-hydrogen) atoms. The Hall–Kier alpha value is -0.540. The number of para-hydroxylation sites is 1. The molecule has 0 unspecified atom stereocenters. The lowest BCUT2D eigenvalue weighted by Gasteiger charge is -2.11. The number of benzene rings is 1. The first-order valence-electron chi connectivity index (χ1n) is 5.67. The van der Waals surface area contributed by atoms with Crippen molar-refractivity contribution in [1.29, 1.82) is 0 Å². The van der Waals surface area contributed by atoms with Crippen LogP contribution in [0.3, 0.4) is 0 Å². The molecule has 3 heteroatoms. The molecular formula is C13H18NS2+. The number of thiazole rings is 1. The highest BCUT2D eigenvalue weighted by Crippen LogP contribution is 2.31. The van der Waals surface area contributed by atoms with Crippen LogP contribution >= 0.6 is 11.3 Å². The molecule has 2 rings (SSSR count). The number of hydrogen-bond donors (Lipinski definition) is 0. The van der Waals surface area contributed by atoms with E-state index in [0.717, 1.165) is 5.52 Å². The number of fused-ring (bicyclic) bond motifs is 1. The van der Waals surface area contributed by atoms with Gasteiger partial charge in [0.2, 0.25) is 0 Å². The maximum atomic E-state index is 4.79. The average Bonchev–Trinajstić information content (AvgIpc) is 2.58. The van der Waals surface area contributed by atoms with Crippen LogP contribution in [0.2, 0.25) is 0 Å². The van der Waals surface area contributed by atoms with E-state index in [9.17, 15) is 0 Å². The normalized spacial score (nSPS) is 12.2. The molecule has 0 aliphatic heterocycles. The summed E-state index contributed by atoms with van der Waals surface area (Å²) in [4.78, 5) is 4.79. The summed E-state index contributed by atoms with van der Waals surface area (Å²) in [6, 6.07) is 8.43. The van der Waals surface area contributed by atoms with E-state index in [4.69, 9.17) is 4.98 Å². The highest BCUT2D eigenvalue weighted by atomic mass is 32.2. The van der Waals surface area contributed by atoms with Crippen molar-refractivity contribution in [3.05, 3.63) is 24.3 Å². The Morgan fingerprint density at radius 3 is 2.25 bits per heavy atom. The second-order valence-electron chi connectivity index (χ2n) is 4.42. The first-order valence-corrected chi connectivity index (χ1v) is 7.84. The summed E-state index contributed by atoms with van der Waals surface area (Å²) in [5.41, 5.74) is 1.15. The third kappa shape index (κ3) is 2.25. The van der Waals surface area contributed by atoms with Crippen molar-refractivity contribution in [3.63, 3.8) is 0 Å². The largest absolute Gasteiger partial charge is 0.305 e. The number of hydrogen-bond acceptors (Lipinski definition) is 2. The van der Waals surface area contributed by atoms with Crippen molar-refractivity contribution in [1.82, 2.24) is 4.98 Å². The summed E-state index contributed by atoms with van der Waals surface area (Å²) in [6.07, 6.45) is 0. The topological polar surface area (TPSA) is 12.9 Å². The molecule has 0 fully saturated rings. The van der Waals surface area contributed by atoms with Gasteiger partial charge in [0, 0.05) is 0 Å². The van der Waals surface area contributed by atoms with Gasteiger partial charge in [0.25, 0.3) is 0 Å². The molecule has 86 valence electrons. The molecule has 0 saturated heterocycles. The highest BCUT2D eigenvalue weighted by Gasteiger charge is 2.33. The SMILES string of the molecule is CC(C)[S+](c1nc2ccccc2s1)C(C)C. The third-order valence-electron chi connectivity index (χ3n) is 2.49. The van der Waals surface area contributed by atoms with Crippen LogP contribution in [0.25, 0.3) is 10.2 Å². The minimum Gasteiger partial charge on any atom is -0.191 e.